The van der Waals surface area contributed by atoms with E-state index in [0.29, 0.717) is 11.7 Å². The minimum absolute atomic E-state index is 0.170. The molecule has 0 atom stereocenters. The molecule has 1 aromatic rings. The van der Waals surface area contributed by atoms with Gasteiger partial charge in [-0.3, -0.25) is 9.69 Å². The number of piperidine rings is 1. The van der Waals surface area contributed by atoms with Gasteiger partial charge in [0, 0.05) is 38.6 Å². The van der Waals surface area contributed by atoms with Gasteiger partial charge in [-0.2, -0.15) is 0 Å². The van der Waals surface area contributed by atoms with Crippen LogP contribution >= 0.6 is 0 Å². The maximum Gasteiger partial charge on any atom is 0.225 e. The molecule has 1 N–H and O–H groups in total. The summed E-state index contributed by atoms with van der Waals surface area (Å²) in [5.74, 6) is 1.21. The van der Waals surface area contributed by atoms with Gasteiger partial charge in [0.2, 0.25) is 5.91 Å². The highest BCUT2D eigenvalue weighted by atomic mass is 16.5. The molecule has 1 aromatic carbocycles. The van der Waals surface area contributed by atoms with Crippen LogP contribution in [0.25, 0.3) is 0 Å². The van der Waals surface area contributed by atoms with Gasteiger partial charge in [0.1, 0.15) is 0 Å². The number of rotatable bonds is 5. The number of carbonyl (C=O) groups excluding carboxylic acids is 1. The molecule has 2 aliphatic rings. The predicted octanol–water partition coefficient (Wildman–Crippen LogP) is 1.78. The molecule has 0 saturated carbocycles. The number of hydrogen-bond acceptors (Lipinski definition) is 5. The number of aromatic hydroxyl groups is 1. The summed E-state index contributed by atoms with van der Waals surface area (Å²) in [5, 5.41) is 9.71. The van der Waals surface area contributed by atoms with Crippen molar-refractivity contribution in [2.45, 2.75) is 26.3 Å². The maximum absolute atomic E-state index is 12.8. The van der Waals surface area contributed by atoms with E-state index in [1.54, 1.807) is 13.2 Å². The Morgan fingerprint density at radius 3 is 2.42 bits per heavy atom. The molecule has 6 nitrogen and oxygen atoms in total. The van der Waals surface area contributed by atoms with Gasteiger partial charge in [-0.05, 0) is 50.2 Å². The number of benzene rings is 1. The number of likely N-dealkylation sites (tertiary alicyclic amines) is 1. The molecule has 144 valence electrons. The number of piperazine rings is 1. The standard InChI is InChI=1S/C20H31N3O3/c1-3-21-10-12-23(13-11-21)20(25)17-6-8-22(9-7-17)15-16-4-5-18(24)19(14-16)26-2/h4-5,14,17,24H,3,6-13,15H2,1-2H3. The third-order valence-corrected chi connectivity index (χ3v) is 5.72. The van der Waals surface area contributed by atoms with E-state index in [1.165, 1.54) is 0 Å². The monoisotopic (exact) mass is 361 g/mol. The van der Waals surface area contributed by atoms with Gasteiger partial charge < -0.3 is 19.6 Å². The van der Waals surface area contributed by atoms with E-state index in [-0.39, 0.29) is 11.7 Å². The van der Waals surface area contributed by atoms with Crippen molar-refractivity contribution in [2.24, 2.45) is 5.92 Å². The average molecular weight is 361 g/mol. The Hall–Kier alpha value is -1.79. The van der Waals surface area contributed by atoms with Crippen molar-refractivity contribution in [3.05, 3.63) is 23.8 Å². The molecular weight excluding hydrogens is 330 g/mol. The van der Waals surface area contributed by atoms with Crippen LogP contribution in [0, 0.1) is 5.92 Å². The number of ether oxygens (including phenoxy) is 1. The third-order valence-electron chi connectivity index (χ3n) is 5.72. The molecule has 0 aliphatic carbocycles. The summed E-state index contributed by atoms with van der Waals surface area (Å²) in [7, 11) is 1.57. The van der Waals surface area contributed by atoms with E-state index >= 15 is 0 Å². The normalized spacial score (nSPS) is 20.3. The Morgan fingerprint density at radius 2 is 1.81 bits per heavy atom. The number of hydrogen-bond donors (Lipinski definition) is 1. The molecule has 0 aromatic heterocycles. The van der Waals surface area contributed by atoms with E-state index in [1.807, 2.05) is 12.1 Å². The van der Waals surface area contributed by atoms with E-state index < -0.39 is 0 Å². The van der Waals surface area contributed by atoms with Crippen molar-refractivity contribution < 1.29 is 14.6 Å². The van der Waals surface area contributed by atoms with Crippen molar-refractivity contribution >= 4 is 5.91 Å². The molecule has 6 heteroatoms. The van der Waals surface area contributed by atoms with Crippen LogP contribution in [0.2, 0.25) is 0 Å². The van der Waals surface area contributed by atoms with Crippen molar-refractivity contribution in [2.75, 3.05) is 52.9 Å². The highest BCUT2D eigenvalue weighted by Gasteiger charge is 2.30. The minimum Gasteiger partial charge on any atom is -0.504 e. The van der Waals surface area contributed by atoms with E-state index in [4.69, 9.17) is 4.74 Å². The van der Waals surface area contributed by atoms with Crippen LogP contribution in [0.5, 0.6) is 11.5 Å². The number of nitrogens with zero attached hydrogens (tertiary/aromatic N) is 3. The smallest absolute Gasteiger partial charge is 0.225 e. The number of methoxy groups -OCH3 is 1. The van der Waals surface area contributed by atoms with Crippen LogP contribution in [0.15, 0.2) is 18.2 Å². The van der Waals surface area contributed by atoms with Gasteiger partial charge in [0.15, 0.2) is 11.5 Å². The largest absolute Gasteiger partial charge is 0.504 e. The van der Waals surface area contributed by atoms with Gasteiger partial charge >= 0.3 is 0 Å². The quantitative estimate of drug-likeness (QED) is 0.866. The van der Waals surface area contributed by atoms with Crippen LogP contribution in [0.3, 0.4) is 0 Å². The Balaban J connectivity index is 1.47. The lowest BCUT2D eigenvalue weighted by Crippen LogP contribution is -2.51. The number of carbonyl (C=O) groups is 1. The highest BCUT2D eigenvalue weighted by Crippen LogP contribution is 2.28. The second-order valence-corrected chi connectivity index (χ2v) is 7.32. The van der Waals surface area contributed by atoms with Crippen LogP contribution in [0.1, 0.15) is 25.3 Å². The fourth-order valence-electron chi connectivity index (χ4n) is 3.96. The molecule has 3 rings (SSSR count). The van der Waals surface area contributed by atoms with Gasteiger partial charge in [-0.25, -0.2) is 0 Å². The summed E-state index contributed by atoms with van der Waals surface area (Å²) in [6, 6.07) is 5.50. The number of likely N-dealkylation sites (N-methyl/N-ethyl adjacent to an activating group) is 1. The summed E-state index contributed by atoms with van der Waals surface area (Å²) in [6.45, 7) is 9.71. The fourth-order valence-corrected chi connectivity index (χ4v) is 3.96. The molecule has 2 saturated heterocycles. The average Bonchev–Trinajstić information content (AvgIpc) is 2.69. The number of phenols is 1. The Labute approximate surface area is 156 Å². The number of phenolic OH excluding ortho intramolecular Hbond substituents is 1. The molecule has 2 fully saturated rings. The summed E-state index contributed by atoms with van der Waals surface area (Å²) in [6.07, 6.45) is 1.87. The summed E-state index contributed by atoms with van der Waals surface area (Å²) >= 11 is 0. The van der Waals surface area contributed by atoms with Gasteiger partial charge in [0.25, 0.3) is 0 Å². The van der Waals surface area contributed by atoms with Crippen molar-refractivity contribution in [3.63, 3.8) is 0 Å². The Morgan fingerprint density at radius 1 is 1.12 bits per heavy atom. The molecule has 0 bridgehead atoms. The van der Waals surface area contributed by atoms with Crippen LogP contribution in [-0.4, -0.2) is 78.6 Å². The first kappa shape index (κ1) is 19.0. The lowest BCUT2D eigenvalue weighted by Gasteiger charge is -2.38. The Bertz CT molecular complexity index is 606. The summed E-state index contributed by atoms with van der Waals surface area (Å²) in [4.78, 5) is 19.6. The van der Waals surface area contributed by atoms with Crippen LogP contribution in [0.4, 0.5) is 0 Å². The molecule has 0 radical (unpaired) electrons. The zero-order valence-corrected chi connectivity index (χ0v) is 16.0. The maximum atomic E-state index is 12.8. The van der Waals surface area contributed by atoms with E-state index in [9.17, 15) is 9.90 Å². The van der Waals surface area contributed by atoms with E-state index in [0.717, 1.165) is 70.8 Å². The lowest BCUT2D eigenvalue weighted by molar-refractivity contribution is -0.138. The van der Waals surface area contributed by atoms with Gasteiger partial charge in [0.05, 0.1) is 7.11 Å². The number of amides is 1. The van der Waals surface area contributed by atoms with Gasteiger partial charge in [-0.15, -0.1) is 0 Å². The minimum atomic E-state index is 0.170. The first-order valence-corrected chi connectivity index (χ1v) is 9.70. The fraction of sp³-hybridized carbons (Fsp3) is 0.650. The molecule has 2 heterocycles. The van der Waals surface area contributed by atoms with E-state index in [2.05, 4.69) is 21.6 Å². The first-order valence-electron chi connectivity index (χ1n) is 9.70. The second kappa shape index (κ2) is 8.73. The van der Waals surface area contributed by atoms with Crippen molar-refractivity contribution in [3.8, 4) is 11.5 Å². The van der Waals surface area contributed by atoms with Gasteiger partial charge in [-0.1, -0.05) is 13.0 Å². The molecule has 1 amide bonds. The summed E-state index contributed by atoms with van der Waals surface area (Å²) in [5.41, 5.74) is 1.13. The summed E-state index contributed by atoms with van der Waals surface area (Å²) < 4.78 is 5.18. The van der Waals surface area contributed by atoms with Crippen LogP contribution in [-0.2, 0) is 11.3 Å². The molecule has 2 aliphatic heterocycles. The molecule has 0 spiro atoms. The second-order valence-electron chi connectivity index (χ2n) is 7.32. The molecule has 26 heavy (non-hydrogen) atoms. The lowest BCUT2D eigenvalue weighted by atomic mass is 9.94. The third kappa shape index (κ3) is 4.48. The van der Waals surface area contributed by atoms with Crippen LogP contribution < -0.4 is 4.74 Å². The first-order chi connectivity index (χ1) is 12.6. The van der Waals surface area contributed by atoms with Crippen molar-refractivity contribution in [1.29, 1.82) is 0 Å². The zero-order chi connectivity index (χ0) is 18.5. The predicted molar refractivity (Wildman–Crippen MR) is 101 cm³/mol. The topological polar surface area (TPSA) is 56.2 Å². The Kier molecular flexibility index (Phi) is 6.38. The highest BCUT2D eigenvalue weighted by molar-refractivity contribution is 5.79. The molecule has 0 unspecified atom stereocenters. The zero-order valence-electron chi connectivity index (χ0n) is 16.0. The SMILES string of the molecule is CCN1CCN(C(=O)C2CCN(Cc3ccc(O)c(OC)c3)CC2)CC1. The van der Waals surface area contributed by atoms with Crippen molar-refractivity contribution in [1.82, 2.24) is 14.7 Å². The molecular formula is C20H31N3O3.